The van der Waals surface area contributed by atoms with Crippen LogP contribution in [0.3, 0.4) is 0 Å². The van der Waals surface area contributed by atoms with Crippen molar-refractivity contribution < 1.29 is 9.90 Å². The zero-order valence-electron chi connectivity index (χ0n) is 12.7. The maximum Gasteiger partial charge on any atom is 0.300 e. The number of para-hydroxylation sites is 1. The Morgan fingerprint density at radius 2 is 2.00 bits per heavy atom. The molecule has 1 unspecified atom stereocenters. The number of aromatic amines is 1. The second-order valence-electron chi connectivity index (χ2n) is 5.12. The highest BCUT2D eigenvalue weighted by atomic mass is 16.4. The second kappa shape index (κ2) is 7.10. The van der Waals surface area contributed by atoms with Gasteiger partial charge in [0.2, 0.25) is 0 Å². The van der Waals surface area contributed by atoms with E-state index < -0.39 is 5.97 Å². The Morgan fingerprint density at radius 1 is 1.40 bits per heavy atom. The Morgan fingerprint density at radius 3 is 2.55 bits per heavy atom. The first-order valence-electron chi connectivity index (χ1n) is 6.88. The van der Waals surface area contributed by atoms with Crippen LogP contribution in [0.15, 0.2) is 18.2 Å². The smallest absolute Gasteiger partial charge is 0.300 e. The summed E-state index contributed by atoms with van der Waals surface area (Å²) in [6.45, 7) is 7.50. The van der Waals surface area contributed by atoms with Gasteiger partial charge in [-0.15, -0.1) is 0 Å². The number of H-pyrrole nitrogens is 1. The highest BCUT2D eigenvalue weighted by Crippen LogP contribution is 2.25. The van der Waals surface area contributed by atoms with Gasteiger partial charge in [0.05, 0.1) is 0 Å². The van der Waals surface area contributed by atoms with Gasteiger partial charge in [-0.25, -0.2) is 0 Å². The van der Waals surface area contributed by atoms with Crippen LogP contribution >= 0.6 is 0 Å². The van der Waals surface area contributed by atoms with Gasteiger partial charge in [-0.2, -0.15) is 0 Å². The number of nitrogens with two attached hydrogens (primary N) is 1. The number of carbonyl (C=O) groups is 1. The Bertz CT molecular complexity index is 583. The van der Waals surface area contributed by atoms with E-state index in [0.29, 0.717) is 0 Å². The number of rotatable bonds is 3. The van der Waals surface area contributed by atoms with Gasteiger partial charge in [0.15, 0.2) is 0 Å². The average molecular weight is 276 g/mol. The maximum absolute atomic E-state index is 9.00. The van der Waals surface area contributed by atoms with Crippen molar-refractivity contribution in [3.8, 4) is 0 Å². The largest absolute Gasteiger partial charge is 0.481 e. The summed E-state index contributed by atoms with van der Waals surface area (Å²) in [6.07, 6.45) is 1.99. The lowest BCUT2D eigenvalue weighted by Crippen LogP contribution is -2.21. The number of aryl methyl sites for hydroxylation is 2. The number of carboxylic acids is 1. The fourth-order valence-electron chi connectivity index (χ4n) is 2.22. The molecule has 0 radical (unpaired) electrons. The minimum absolute atomic E-state index is 0.262. The standard InChI is InChI=1S/C14H20N2.C2H4O2/c1-4-11(15)8-13-10(3)16-14-9(2)6-5-7-12(13)14;1-2(3)4/h5-7,11,16H,4,8,15H2,1-3H3;1H3,(H,3,4). The Hall–Kier alpha value is -1.81. The maximum atomic E-state index is 9.00. The van der Waals surface area contributed by atoms with Gasteiger partial charge in [-0.3, -0.25) is 4.79 Å². The molecule has 0 aliphatic heterocycles. The van der Waals surface area contributed by atoms with Crippen LogP contribution in [0, 0.1) is 13.8 Å². The van der Waals surface area contributed by atoms with E-state index in [0.717, 1.165) is 19.8 Å². The molecular weight excluding hydrogens is 252 g/mol. The highest BCUT2D eigenvalue weighted by Gasteiger charge is 2.11. The van der Waals surface area contributed by atoms with Crippen LogP contribution in [0.25, 0.3) is 10.9 Å². The number of benzene rings is 1. The van der Waals surface area contributed by atoms with Crippen molar-refractivity contribution in [1.82, 2.24) is 4.98 Å². The fourth-order valence-corrected chi connectivity index (χ4v) is 2.22. The van der Waals surface area contributed by atoms with Crippen LogP contribution in [-0.4, -0.2) is 22.1 Å². The summed E-state index contributed by atoms with van der Waals surface area (Å²) in [7, 11) is 0. The molecule has 0 bridgehead atoms. The van der Waals surface area contributed by atoms with Crippen LogP contribution in [0.2, 0.25) is 0 Å². The van der Waals surface area contributed by atoms with E-state index in [2.05, 4.69) is 44.0 Å². The highest BCUT2D eigenvalue weighted by molar-refractivity contribution is 5.87. The van der Waals surface area contributed by atoms with E-state index in [-0.39, 0.29) is 6.04 Å². The molecule has 2 aromatic rings. The molecule has 110 valence electrons. The Balaban J connectivity index is 0.000000444. The molecule has 0 spiro atoms. The molecule has 0 saturated carbocycles. The summed E-state index contributed by atoms with van der Waals surface area (Å²) in [5.74, 6) is -0.833. The molecular formula is C16H24N2O2. The van der Waals surface area contributed by atoms with Crippen LogP contribution in [0.4, 0.5) is 0 Å². The summed E-state index contributed by atoms with van der Waals surface area (Å²) in [6, 6.07) is 6.70. The van der Waals surface area contributed by atoms with E-state index >= 15 is 0 Å². The molecule has 1 aromatic heterocycles. The third-order valence-electron chi connectivity index (χ3n) is 3.35. The van der Waals surface area contributed by atoms with E-state index in [4.69, 9.17) is 15.6 Å². The van der Waals surface area contributed by atoms with Crippen molar-refractivity contribution in [3.05, 3.63) is 35.0 Å². The molecule has 1 heterocycles. The van der Waals surface area contributed by atoms with E-state index in [9.17, 15) is 0 Å². The lowest BCUT2D eigenvalue weighted by Gasteiger charge is -2.08. The molecule has 0 saturated heterocycles. The van der Waals surface area contributed by atoms with Crippen molar-refractivity contribution in [2.75, 3.05) is 0 Å². The molecule has 20 heavy (non-hydrogen) atoms. The molecule has 0 aliphatic rings. The predicted molar refractivity (Wildman–Crippen MR) is 83.1 cm³/mol. The van der Waals surface area contributed by atoms with Crippen LogP contribution in [0.1, 0.15) is 37.1 Å². The van der Waals surface area contributed by atoms with Crippen molar-refractivity contribution in [1.29, 1.82) is 0 Å². The number of nitrogens with one attached hydrogen (secondary N) is 1. The fraction of sp³-hybridized carbons (Fsp3) is 0.438. The lowest BCUT2D eigenvalue weighted by molar-refractivity contribution is -0.134. The molecule has 4 N–H and O–H groups in total. The number of aliphatic carboxylic acids is 1. The summed E-state index contributed by atoms with van der Waals surface area (Å²) in [4.78, 5) is 12.5. The number of aromatic nitrogens is 1. The van der Waals surface area contributed by atoms with Gasteiger partial charge in [-0.05, 0) is 37.8 Å². The number of hydrogen-bond acceptors (Lipinski definition) is 2. The summed E-state index contributed by atoms with van der Waals surface area (Å²) in [5.41, 5.74) is 11.3. The molecule has 2 rings (SSSR count). The molecule has 1 aromatic carbocycles. The normalized spacial score (nSPS) is 11.8. The summed E-state index contributed by atoms with van der Waals surface area (Å²) >= 11 is 0. The van der Waals surface area contributed by atoms with Gasteiger partial charge >= 0.3 is 0 Å². The average Bonchev–Trinajstić information content (AvgIpc) is 2.67. The first-order valence-corrected chi connectivity index (χ1v) is 6.88. The van der Waals surface area contributed by atoms with Crippen molar-refractivity contribution >= 4 is 16.9 Å². The zero-order valence-corrected chi connectivity index (χ0v) is 12.7. The van der Waals surface area contributed by atoms with Gasteiger partial charge in [0, 0.05) is 29.6 Å². The SMILES string of the molecule is CC(=O)O.CCC(N)Cc1c(C)[nH]c2c(C)cccc12. The molecule has 4 nitrogen and oxygen atoms in total. The lowest BCUT2D eigenvalue weighted by atomic mass is 10.0. The molecule has 0 amide bonds. The predicted octanol–water partition coefficient (Wildman–Crippen LogP) is 3.16. The van der Waals surface area contributed by atoms with Gasteiger partial charge in [0.1, 0.15) is 0 Å². The van der Waals surface area contributed by atoms with Crippen LogP contribution in [-0.2, 0) is 11.2 Å². The Labute approximate surface area is 120 Å². The monoisotopic (exact) mass is 276 g/mol. The van der Waals surface area contributed by atoms with Crippen LogP contribution < -0.4 is 5.73 Å². The molecule has 1 atom stereocenters. The third kappa shape index (κ3) is 4.10. The minimum Gasteiger partial charge on any atom is -0.481 e. The topological polar surface area (TPSA) is 79.1 Å². The first kappa shape index (κ1) is 16.2. The quantitative estimate of drug-likeness (QED) is 0.805. The van der Waals surface area contributed by atoms with Crippen molar-refractivity contribution in [2.45, 2.75) is 46.6 Å². The van der Waals surface area contributed by atoms with Gasteiger partial charge in [0.25, 0.3) is 5.97 Å². The van der Waals surface area contributed by atoms with E-state index in [1.54, 1.807) is 0 Å². The Kier molecular flexibility index (Phi) is 5.77. The number of hydrogen-bond donors (Lipinski definition) is 3. The van der Waals surface area contributed by atoms with E-state index in [1.807, 2.05) is 0 Å². The summed E-state index contributed by atoms with van der Waals surface area (Å²) in [5, 5.41) is 8.75. The third-order valence-corrected chi connectivity index (χ3v) is 3.35. The van der Waals surface area contributed by atoms with E-state index in [1.165, 1.54) is 27.7 Å². The van der Waals surface area contributed by atoms with Crippen LogP contribution in [0.5, 0.6) is 0 Å². The first-order chi connectivity index (χ1) is 9.36. The van der Waals surface area contributed by atoms with Crippen molar-refractivity contribution in [3.63, 3.8) is 0 Å². The number of fused-ring (bicyclic) bond motifs is 1. The van der Waals surface area contributed by atoms with Crippen molar-refractivity contribution in [2.24, 2.45) is 5.73 Å². The summed E-state index contributed by atoms with van der Waals surface area (Å²) < 4.78 is 0. The molecule has 0 fully saturated rings. The zero-order chi connectivity index (χ0) is 15.3. The van der Waals surface area contributed by atoms with Gasteiger partial charge < -0.3 is 15.8 Å². The second-order valence-corrected chi connectivity index (χ2v) is 5.12. The minimum atomic E-state index is -0.833. The number of carboxylic acid groups (broad SMARTS) is 1. The van der Waals surface area contributed by atoms with Gasteiger partial charge in [-0.1, -0.05) is 25.1 Å². The molecule has 4 heteroatoms. The molecule has 0 aliphatic carbocycles.